The molecule has 0 unspecified atom stereocenters. The molecular formula is C24H21FN4O3S. The molecule has 4 rings (SSSR count). The van der Waals surface area contributed by atoms with Gasteiger partial charge in [-0.25, -0.2) is 4.39 Å². The molecule has 0 bridgehead atoms. The van der Waals surface area contributed by atoms with E-state index in [0.29, 0.717) is 33.7 Å². The van der Waals surface area contributed by atoms with E-state index < -0.39 is 5.82 Å². The molecule has 9 heteroatoms. The lowest BCUT2D eigenvalue weighted by molar-refractivity contribution is -0.113. The largest absolute Gasteiger partial charge is 0.497 e. The Morgan fingerprint density at radius 3 is 2.48 bits per heavy atom. The fourth-order valence-electron chi connectivity index (χ4n) is 3.21. The third-order valence-corrected chi connectivity index (χ3v) is 5.71. The van der Waals surface area contributed by atoms with Crippen molar-refractivity contribution in [2.45, 2.75) is 5.16 Å². The fraction of sp³-hybridized carbons (Fsp3) is 0.125. The maximum atomic E-state index is 14.5. The first-order valence-electron chi connectivity index (χ1n) is 10.0. The molecule has 4 aromatic rings. The second kappa shape index (κ2) is 10.2. The number of para-hydroxylation sites is 1. The van der Waals surface area contributed by atoms with Gasteiger partial charge in [-0.05, 0) is 36.4 Å². The Morgan fingerprint density at radius 1 is 1.00 bits per heavy atom. The highest BCUT2D eigenvalue weighted by Gasteiger charge is 2.19. The lowest BCUT2D eigenvalue weighted by atomic mass is 10.2. The molecule has 1 aromatic heterocycles. The van der Waals surface area contributed by atoms with E-state index in [2.05, 4.69) is 15.5 Å². The minimum atomic E-state index is -0.400. The summed E-state index contributed by atoms with van der Waals surface area (Å²) >= 11 is 1.20. The molecule has 33 heavy (non-hydrogen) atoms. The number of hydrogen-bond acceptors (Lipinski definition) is 6. The lowest BCUT2D eigenvalue weighted by Crippen LogP contribution is -2.15. The van der Waals surface area contributed by atoms with Gasteiger partial charge >= 0.3 is 0 Å². The highest BCUT2D eigenvalue weighted by molar-refractivity contribution is 7.99. The Kier molecular flexibility index (Phi) is 6.89. The van der Waals surface area contributed by atoms with Crippen molar-refractivity contribution in [3.63, 3.8) is 0 Å². The second-order valence-corrected chi connectivity index (χ2v) is 7.80. The molecule has 3 aromatic carbocycles. The zero-order valence-corrected chi connectivity index (χ0v) is 18.8. The Bertz CT molecular complexity index is 1260. The minimum absolute atomic E-state index is 0.0669. The number of carbonyl (C=O) groups is 1. The number of nitrogens with one attached hydrogen (secondary N) is 1. The predicted molar refractivity (Wildman–Crippen MR) is 126 cm³/mol. The zero-order chi connectivity index (χ0) is 23.2. The summed E-state index contributed by atoms with van der Waals surface area (Å²) in [5.74, 6) is 0.885. The van der Waals surface area contributed by atoms with Gasteiger partial charge in [-0.2, -0.15) is 0 Å². The molecule has 0 saturated heterocycles. The van der Waals surface area contributed by atoms with Crippen LogP contribution in [0.25, 0.3) is 17.1 Å². The molecule has 0 aliphatic carbocycles. The Hall–Kier alpha value is -3.85. The number of nitrogens with zero attached hydrogens (tertiary/aromatic N) is 3. The van der Waals surface area contributed by atoms with Crippen LogP contribution in [-0.4, -0.2) is 40.6 Å². The van der Waals surface area contributed by atoms with Gasteiger partial charge in [0.2, 0.25) is 5.91 Å². The first kappa shape index (κ1) is 22.3. The first-order chi connectivity index (χ1) is 16.1. The summed E-state index contributed by atoms with van der Waals surface area (Å²) in [5, 5.41) is 11.8. The first-order valence-corrected chi connectivity index (χ1v) is 11.0. The molecule has 1 heterocycles. The third kappa shape index (κ3) is 4.98. The SMILES string of the molecule is COc1ccc(NC(=O)CSc2nnc(-c3ccccc3F)n2-c2ccccc2)c(OC)c1. The van der Waals surface area contributed by atoms with Gasteiger partial charge in [-0.15, -0.1) is 10.2 Å². The summed E-state index contributed by atoms with van der Waals surface area (Å²) in [5.41, 5.74) is 1.62. The van der Waals surface area contributed by atoms with Crippen LogP contribution in [0.4, 0.5) is 10.1 Å². The Labute approximate surface area is 194 Å². The molecule has 7 nitrogen and oxygen atoms in total. The normalized spacial score (nSPS) is 10.6. The summed E-state index contributed by atoms with van der Waals surface area (Å²) in [7, 11) is 3.08. The van der Waals surface area contributed by atoms with Gasteiger partial charge in [0.25, 0.3) is 0 Å². The van der Waals surface area contributed by atoms with Crippen LogP contribution < -0.4 is 14.8 Å². The van der Waals surface area contributed by atoms with Crippen molar-refractivity contribution in [2.24, 2.45) is 0 Å². The van der Waals surface area contributed by atoms with E-state index in [0.717, 1.165) is 5.69 Å². The smallest absolute Gasteiger partial charge is 0.234 e. The Morgan fingerprint density at radius 2 is 1.76 bits per heavy atom. The van der Waals surface area contributed by atoms with Crippen LogP contribution in [-0.2, 0) is 4.79 Å². The summed E-state index contributed by atoms with van der Waals surface area (Å²) < 4.78 is 26.7. The zero-order valence-electron chi connectivity index (χ0n) is 18.0. The van der Waals surface area contributed by atoms with E-state index >= 15 is 0 Å². The molecule has 0 aliphatic rings. The van der Waals surface area contributed by atoms with Crippen molar-refractivity contribution in [3.8, 4) is 28.6 Å². The molecule has 0 aliphatic heterocycles. The van der Waals surface area contributed by atoms with Crippen LogP contribution in [0.2, 0.25) is 0 Å². The molecule has 0 fully saturated rings. The molecule has 0 atom stereocenters. The number of rotatable bonds is 8. The van der Waals surface area contributed by atoms with Crippen LogP contribution in [0.3, 0.4) is 0 Å². The number of ether oxygens (including phenoxy) is 2. The number of anilines is 1. The predicted octanol–water partition coefficient (Wildman–Crippen LogP) is 4.82. The van der Waals surface area contributed by atoms with E-state index in [4.69, 9.17) is 9.47 Å². The van der Waals surface area contributed by atoms with Crippen molar-refractivity contribution in [3.05, 3.63) is 78.6 Å². The van der Waals surface area contributed by atoms with Crippen molar-refractivity contribution < 1.29 is 18.7 Å². The van der Waals surface area contributed by atoms with E-state index in [1.54, 1.807) is 48.1 Å². The van der Waals surface area contributed by atoms with Gasteiger partial charge in [0.05, 0.1) is 31.2 Å². The van der Waals surface area contributed by atoms with Crippen molar-refractivity contribution in [2.75, 3.05) is 25.3 Å². The molecule has 1 N–H and O–H groups in total. The third-order valence-electron chi connectivity index (χ3n) is 4.78. The number of methoxy groups -OCH3 is 2. The van der Waals surface area contributed by atoms with Gasteiger partial charge in [0.15, 0.2) is 11.0 Å². The van der Waals surface area contributed by atoms with E-state index in [9.17, 15) is 9.18 Å². The maximum absolute atomic E-state index is 14.5. The summed E-state index contributed by atoms with van der Waals surface area (Å²) in [4.78, 5) is 12.7. The molecule has 0 saturated carbocycles. The topological polar surface area (TPSA) is 78.3 Å². The van der Waals surface area contributed by atoms with Crippen LogP contribution >= 0.6 is 11.8 Å². The van der Waals surface area contributed by atoms with Gasteiger partial charge in [-0.3, -0.25) is 9.36 Å². The van der Waals surface area contributed by atoms with Gasteiger partial charge in [-0.1, -0.05) is 42.1 Å². The fourth-order valence-corrected chi connectivity index (χ4v) is 3.96. The van der Waals surface area contributed by atoms with Crippen molar-refractivity contribution in [1.29, 1.82) is 0 Å². The number of carbonyl (C=O) groups excluding carboxylic acids is 1. The van der Waals surface area contributed by atoms with Crippen molar-refractivity contribution in [1.82, 2.24) is 14.8 Å². The van der Waals surface area contributed by atoms with E-state index in [1.807, 2.05) is 30.3 Å². The van der Waals surface area contributed by atoms with E-state index in [1.165, 1.54) is 24.9 Å². The molecule has 0 spiro atoms. The monoisotopic (exact) mass is 464 g/mol. The number of thioether (sulfide) groups is 1. The minimum Gasteiger partial charge on any atom is -0.497 e. The van der Waals surface area contributed by atoms with Crippen LogP contribution in [0.1, 0.15) is 0 Å². The van der Waals surface area contributed by atoms with E-state index in [-0.39, 0.29) is 11.7 Å². The highest BCUT2D eigenvalue weighted by Crippen LogP contribution is 2.31. The number of benzene rings is 3. The van der Waals surface area contributed by atoms with Crippen LogP contribution in [0.15, 0.2) is 78.0 Å². The number of hydrogen-bond donors (Lipinski definition) is 1. The van der Waals surface area contributed by atoms with Gasteiger partial charge in [0.1, 0.15) is 17.3 Å². The summed E-state index contributed by atoms with van der Waals surface area (Å²) in [6.45, 7) is 0. The van der Waals surface area contributed by atoms with Crippen molar-refractivity contribution >= 4 is 23.4 Å². The summed E-state index contributed by atoms with van der Waals surface area (Å²) in [6, 6.07) is 20.9. The lowest BCUT2D eigenvalue weighted by Gasteiger charge is -2.12. The highest BCUT2D eigenvalue weighted by atomic mass is 32.2. The van der Waals surface area contributed by atoms with Crippen LogP contribution in [0, 0.1) is 5.82 Å². The molecule has 0 radical (unpaired) electrons. The average molecular weight is 465 g/mol. The summed E-state index contributed by atoms with van der Waals surface area (Å²) in [6.07, 6.45) is 0. The second-order valence-electron chi connectivity index (χ2n) is 6.86. The number of amides is 1. The standard InChI is InChI=1S/C24H21FN4O3S/c1-31-17-12-13-20(21(14-17)32-2)26-22(30)15-33-24-28-27-23(18-10-6-7-11-19(18)25)29(24)16-8-4-3-5-9-16/h3-14H,15H2,1-2H3,(H,26,30). The number of aromatic nitrogens is 3. The maximum Gasteiger partial charge on any atom is 0.234 e. The average Bonchev–Trinajstić information content (AvgIpc) is 3.27. The quantitative estimate of drug-likeness (QED) is 0.377. The molecule has 168 valence electrons. The molecule has 1 amide bonds. The molecular weight excluding hydrogens is 443 g/mol. The van der Waals surface area contributed by atoms with Gasteiger partial charge in [0, 0.05) is 11.8 Å². The van der Waals surface area contributed by atoms with Gasteiger partial charge < -0.3 is 14.8 Å². The number of halogens is 1. The Balaban J connectivity index is 1.58. The van der Waals surface area contributed by atoms with Crippen LogP contribution in [0.5, 0.6) is 11.5 Å².